The Hall–Kier alpha value is -3.23. The van der Waals surface area contributed by atoms with Gasteiger partial charge in [0, 0.05) is 13.7 Å². The zero-order chi connectivity index (χ0) is 20.4. The molecule has 8 heteroatoms. The van der Waals surface area contributed by atoms with Gasteiger partial charge in [-0.25, -0.2) is 0 Å². The van der Waals surface area contributed by atoms with Crippen molar-refractivity contribution in [2.24, 2.45) is 4.99 Å². The molecule has 0 saturated carbocycles. The summed E-state index contributed by atoms with van der Waals surface area (Å²) in [6, 6.07) is 12.4. The van der Waals surface area contributed by atoms with Crippen LogP contribution in [0.3, 0.4) is 0 Å². The number of methoxy groups -OCH3 is 2. The molecule has 0 radical (unpaired) electrons. The number of nitrogens with zero attached hydrogens (tertiary/aromatic N) is 2. The van der Waals surface area contributed by atoms with E-state index in [-0.39, 0.29) is 5.56 Å². The summed E-state index contributed by atoms with van der Waals surface area (Å²) in [6.45, 7) is 0.971. The fourth-order valence-electron chi connectivity index (χ4n) is 3.04. The van der Waals surface area contributed by atoms with E-state index in [1.54, 1.807) is 38.5 Å². The monoisotopic (exact) mass is 410 g/mol. The van der Waals surface area contributed by atoms with E-state index >= 15 is 0 Å². The Morgan fingerprint density at radius 2 is 2.03 bits per heavy atom. The summed E-state index contributed by atoms with van der Waals surface area (Å²) in [5.41, 5.74) is 0.840. The molecule has 0 fully saturated rings. The Bertz CT molecular complexity index is 1330. The number of amides is 1. The minimum atomic E-state index is -0.644. The van der Waals surface area contributed by atoms with Crippen LogP contribution in [-0.2, 0) is 11.3 Å². The molecule has 2 aromatic carbocycles. The van der Waals surface area contributed by atoms with E-state index in [9.17, 15) is 9.59 Å². The first-order valence-corrected chi connectivity index (χ1v) is 9.70. The number of fused-ring (bicyclic) bond motifs is 2. The molecule has 0 aliphatic carbocycles. The molecular formula is C21H18N2O5S. The number of hydrogen-bond acceptors (Lipinski definition) is 6. The SMILES string of the molecule is COCCn1c(=NC(=O)c2coc3ccccc3c2=O)sc2cc(OC)ccc21. The molecule has 4 rings (SSSR count). The van der Waals surface area contributed by atoms with Crippen LogP contribution < -0.4 is 15.0 Å². The van der Waals surface area contributed by atoms with Gasteiger partial charge in [0.2, 0.25) is 5.43 Å². The average molecular weight is 410 g/mol. The lowest BCUT2D eigenvalue weighted by Crippen LogP contribution is -2.21. The van der Waals surface area contributed by atoms with Gasteiger partial charge in [-0.15, -0.1) is 0 Å². The molecule has 0 aliphatic heterocycles. The Kier molecular flexibility index (Phi) is 5.28. The van der Waals surface area contributed by atoms with Crippen LogP contribution in [0.2, 0.25) is 0 Å². The average Bonchev–Trinajstić information content (AvgIpc) is 3.08. The summed E-state index contributed by atoms with van der Waals surface area (Å²) < 4.78 is 18.7. The van der Waals surface area contributed by atoms with E-state index in [1.165, 1.54) is 17.6 Å². The largest absolute Gasteiger partial charge is 0.497 e. The molecule has 1 amide bonds. The Labute approximate surface area is 169 Å². The van der Waals surface area contributed by atoms with E-state index in [2.05, 4.69) is 4.99 Å². The summed E-state index contributed by atoms with van der Waals surface area (Å²) in [4.78, 5) is 30.2. The number of thiazole rings is 1. The molecule has 0 unspecified atom stereocenters. The highest BCUT2D eigenvalue weighted by Crippen LogP contribution is 2.23. The maximum atomic E-state index is 12.8. The highest BCUT2D eigenvalue weighted by Gasteiger charge is 2.15. The van der Waals surface area contributed by atoms with Crippen LogP contribution >= 0.6 is 11.3 Å². The lowest BCUT2D eigenvalue weighted by Gasteiger charge is -2.05. The topological polar surface area (TPSA) is 83.0 Å². The van der Waals surface area contributed by atoms with Gasteiger partial charge in [-0.1, -0.05) is 23.5 Å². The number of hydrogen-bond donors (Lipinski definition) is 0. The van der Waals surface area contributed by atoms with Crippen molar-refractivity contribution in [1.82, 2.24) is 4.57 Å². The maximum Gasteiger partial charge on any atom is 0.286 e. The van der Waals surface area contributed by atoms with Crippen LogP contribution in [0.15, 0.2) is 62.9 Å². The molecular weight excluding hydrogens is 392 g/mol. The normalized spacial score (nSPS) is 12.0. The fourth-order valence-corrected chi connectivity index (χ4v) is 4.12. The van der Waals surface area contributed by atoms with Crippen LogP contribution in [0.25, 0.3) is 21.2 Å². The molecule has 7 nitrogen and oxygen atoms in total. The third-order valence-corrected chi connectivity index (χ3v) is 5.56. The number of para-hydroxylation sites is 1. The quantitative estimate of drug-likeness (QED) is 0.505. The second-order valence-electron chi connectivity index (χ2n) is 6.25. The van der Waals surface area contributed by atoms with Gasteiger partial charge in [-0.05, 0) is 30.3 Å². The van der Waals surface area contributed by atoms with Gasteiger partial charge in [-0.2, -0.15) is 4.99 Å². The second-order valence-corrected chi connectivity index (χ2v) is 7.26. The molecule has 2 aromatic heterocycles. The molecule has 0 N–H and O–H groups in total. The number of aromatic nitrogens is 1. The molecule has 0 aliphatic rings. The van der Waals surface area contributed by atoms with Crippen molar-refractivity contribution in [1.29, 1.82) is 0 Å². The molecule has 0 saturated heterocycles. The van der Waals surface area contributed by atoms with E-state index < -0.39 is 11.3 Å². The Morgan fingerprint density at radius 3 is 2.83 bits per heavy atom. The lowest BCUT2D eigenvalue weighted by atomic mass is 10.2. The summed E-state index contributed by atoms with van der Waals surface area (Å²) in [6.07, 6.45) is 1.17. The van der Waals surface area contributed by atoms with Crippen molar-refractivity contribution >= 4 is 38.4 Å². The van der Waals surface area contributed by atoms with Crippen LogP contribution in [0.4, 0.5) is 0 Å². The highest BCUT2D eigenvalue weighted by molar-refractivity contribution is 7.16. The zero-order valence-corrected chi connectivity index (χ0v) is 16.7. The van der Waals surface area contributed by atoms with E-state index in [0.29, 0.717) is 34.7 Å². The van der Waals surface area contributed by atoms with E-state index in [1.807, 2.05) is 22.8 Å². The molecule has 29 heavy (non-hydrogen) atoms. The van der Waals surface area contributed by atoms with E-state index in [4.69, 9.17) is 13.9 Å². The molecule has 0 bridgehead atoms. The zero-order valence-electron chi connectivity index (χ0n) is 15.9. The summed E-state index contributed by atoms with van der Waals surface area (Å²) >= 11 is 1.34. The first-order valence-electron chi connectivity index (χ1n) is 8.88. The lowest BCUT2D eigenvalue weighted by molar-refractivity contribution is 0.0994. The third-order valence-electron chi connectivity index (χ3n) is 4.52. The maximum absolute atomic E-state index is 12.8. The molecule has 0 spiro atoms. The van der Waals surface area contributed by atoms with Gasteiger partial charge in [-0.3, -0.25) is 9.59 Å². The van der Waals surface area contributed by atoms with Crippen molar-refractivity contribution in [3.8, 4) is 5.75 Å². The van der Waals surface area contributed by atoms with Gasteiger partial charge < -0.3 is 18.5 Å². The summed E-state index contributed by atoms with van der Waals surface area (Å²) in [5, 5.41) is 0.349. The van der Waals surface area contributed by atoms with Gasteiger partial charge in [0.25, 0.3) is 5.91 Å². The van der Waals surface area contributed by atoms with Crippen molar-refractivity contribution in [3.63, 3.8) is 0 Å². The minimum Gasteiger partial charge on any atom is -0.497 e. The van der Waals surface area contributed by atoms with Gasteiger partial charge in [0.15, 0.2) is 4.80 Å². The van der Waals surface area contributed by atoms with Crippen LogP contribution in [0, 0.1) is 0 Å². The van der Waals surface area contributed by atoms with Gasteiger partial charge in [0.05, 0.1) is 29.3 Å². The van der Waals surface area contributed by atoms with Crippen molar-refractivity contribution in [2.45, 2.75) is 6.54 Å². The Balaban J connectivity index is 1.85. The fraction of sp³-hybridized carbons (Fsp3) is 0.190. The first kappa shape index (κ1) is 19.1. The number of carbonyl (C=O) groups is 1. The summed E-state index contributed by atoms with van der Waals surface area (Å²) in [5.74, 6) is 0.0693. The van der Waals surface area contributed by atoms with Crippen LogP contribution in [-0.4, -0.2) is 31.3 Å². The number of benzene rings is 2. The number of carbonyl (C=O) groups excluding carboxylic acids is 1. The van der Waals surface area contributed by atoms with Gasteiger partial charge in [0.1, 0.15) is 23.2 Å². The minimum absolute atomic E-state index is 0.1000. The second kappa shape index (κ2) is 8.02. The third kappa shape index (κ3) is 3.59. The predicted molar refractivity (Wildman–Crippen MR) is 111 cm³/mol. The highest BCUT2D eigenvalue weighted by atomic mass is 32.1. The standard InChI is InChI=1S/C21H18N2O5S/c1-26-10-9-23-16-8-7-13(27-2)11-18(16)29-21(23)22-20(25)15-12-28-17-6-4-3-5-14(17)19(15)24/h3-8,11-12H,9-10H2,1-2H3. The Morgan fingerprint density at radius 1 is 1.21 bits per heavy atom. The van der Waals surface area contributed by atoms with Crippen LogP contribution in [0.5, 0.6) is 5.75 Å². The van der Waals surface area contributed by atoms with Crippen molar-refractivity contribution in [2.75, 3.05) is 20.8 Å². The predicted octanol–water partition coefficient (Wildman–Crippen LogP) is 3.21. The van der Waals surface area contributed by atoms with Crippen LogP contribution in [0.1, 0.15) is 10.4 Å². The molecule has 148 valence electrons. The first-order chi connectivity index (χ1) is 14.1. The number of rotatable bonds is 5. The summed E-state index contributed by atoms with van der Waals surface area (Å²) in [7, 11) is 3.21. The smallest absolute Gasteiger partial charge is 0.286 e. The molecule has 2 heterocycles. The molecule has 4 aromatic rings. The van der Waals surface area contributed by atoms with Gasteiger partial charge >= 0.3 is 0 Å². The number of ether oxygens (including phenoxy) is 2. The van der Waals surface area contributed by atoms with Crippen molar-refractivity contribution < 1.29 is 18.7 Å². The van der Waals surface area contributed by atoms with Crippen molar-refractivity contribution in [3.05, 3.63) is 69.3 Å². The molecule has 0 atom stereocenters. The van der Waals surface area contributed by atoms with E-state index in [0.717, 1.165) is 10.2 Å².